The molecule has 5 aliphatic rings. The van der Waals surface area contributed by atoms with Gasteiger partial charge in [-0.2, -0.15) is 0 Å². The lowest BCUT2D eigenvalue weighted by Crippen LogP contribution is -3.00. The van der Waals surface area contributed by atoms with Gasteiger partial charge in [0.1, 0.15) is 70.6 Å². The summed E-state index contributed by atoms with van der Waals surface area (Å²) in [6.45, 7) is 9.83. The molecule has 8 bridgehead atoms. The number of nitrogens with zero attached hydrogens (tertiary/aromatic N) is 2. The zero-order chi connectivity index (χ0) is 49.0. The van der Waals surface area contributed by atoms with Crippen LogP contribution in [0, 0.1) is 0 Å². The number of rotatable bonds is 19. The lowest BCUT2D eigenvalue weighted by atomic mass is 9.75. The van der Waals surface area contributed by atoms with E-state index >= 15 is 0 Å². The van der Waals surface area contributed by atoms with E-state index in [9.17, 15) is 0 Å². The van der Waals surface area contributed by atoms with Crippen LogP contribution >= 0.6 is 0 Å². The van der Waals surface area contributed by atoms with Gasteiger partial charge in [0.15, 0.2) is 0 Å². The Balaban J connectivity index is 0.00000611. The Morgan fingerprint density at radius 2 is 0.767 bits per heavy atom. The summed E-state index contributed by atoms with van der Waals surface area (Å²) in [5.41, 5.74) is 11.5. The zero-order valence-corrected chi connectivity index (χ0v) is 44.9. The van der Waals surface area contributed by atoms with Crippen molar-refractivity contribution in [3.8, 4) is 51.7 Å². The molecule has 0 N–H and O–H groups in total. The van der Waals surface area contributed by atoms with Crippen molar-refractivity contribution in [2.45, 2.75) is 161 Å². The lowest BCUT2D eigenvalue weighted by molar-refractivity contribution is -0.687. The van der Waals surface area contributed by atoms with Gasteiger partial charge in [-0.15, -0.1) is 0 Å². The van der Waals surface area contributed by atoms with E-state index in [1.165, 1.54) is 44.5 Å². The van der Waals surface area contributed by atoms with Crippen molar-refractivity contribution in [3.63, 3.8) is 0 Å². The summed E-state index contributed by atoms with van der Waals surface area (Å²) in [5.74, 6) is 6.35. The van der Waals surface area contributed by atoms with E-state index in [1.54, 1.807) is 0 Å². The number of aromatic nitrogens is 2. The van der Waals surface area contributed by atoms with Crippen molar-refractivity contribution in [3.05, 3.63) is 142 Å². The average molecular weight is 1050 g/mol. The Hall–Kier alpha value is -5.81. The molecular weight excluding hydrogens is 981 g/mol. The highest BCUT2D eigenvalue weighted by Crippen LogP contribution is 2.56. The number of hydrogen-bond donors (Lipinski definition) is 0. The topological polar surface area (TPSA) is 82.7 Å². The highest BCUT2D eigenvalue weighted by Gasteiger charge is 2.39. The zero-order valence-electron chi connectivity index (χ0n) is 43.4. The van der Waals surface area contributed by atoms with Crippen LogP contribution < -0.4 is 59.4 Å². The molecule has 386 valence electrons. The molecule has 10 nitrogen and oxygen atoms in total. The molecule has 0 saturated heterocycles. The maximum absolute atomic E-state index is 7.06. The van der Waals surface area contributed by atoms with Crippen molar-refractivity contribution >= 4 is 0 Å². The van der Waals surface area contributed by atoms with Gasteiger partial charge in [-0.25, -0.2) is 9.13 Å². The van der Waals surface area contributed by atoms with Crippen LogP contribution in [-0.4, -0.2) is 31.7 Å². The standard InChI is InChI=1S/C62H73N2O8.BrH/c1-5-9-14-22-42-46-28-47-43(23-15-10-6-2)49-30-51-45(25-17-12-8-4)53-31-52-44(24-16-11-7-3)50-29-48(42)57-33-59(50)69-39-71-61(52)54(35-63-26-27-64(36-63)41-20-18-13-19-21-41)62(53)72-40-70-60(51)34-58(49)68-38-66-56(47)32-55(46)65-37-67-57;/h13,18-21,26-34,36,42-45H,5-12,14-17,22-25,35,37-40H2,1-4H3;1H/q+1;/p-1. The van der Waals surface area contributed by atoms with Crippen molar-refractivity contribution in [2.24, 2.45) is 0 Å². The largest absolute Gasteiger partial charge is 1.00 e. The molecule has 4 aliphatic heterocycles. The second-order valence-corrected chi connectivity index (χ2v) is 20.6. The van der Waals surface area contributed by atoms with Crippen LogP contribution in [0.15, 0.2) is 91.5 Å². The predicted molar refractivity (Wildman–Crippen MR) is 279 cm³/mol. The first-order valence-electron chi connectivity index (χ1n) is 27.4. The maximum Gasteiger partial charge on any atom is 0.249 e. The van der Waals surface area contributed by atoms with Crippen molar-refractivity contribution in [2.75, 3.05) is 27.2 Å². The van der Waals surface area contributed by atoms with Crippen LogP contribution in [0.2, 0.25) is 0 Å². The van der Waals surface area contributed by atoms with Crippen LogP contribution in [0.25, 0.3) is 5.69 Å². The van der Waals surface area contributed by atoms with Gasteiger partial charge in [0.25, 0.3) is 0 Å². The second kappa shape index (κ2) is 23.2. The quantitative estimate of drug-likeness (QED) is 0.0586. The molecule has 1 aliphatic carbocycles. The molecule has 5 aromatic carbocycles. The number of hydrogen-bond acceptors (Lipinski definition) is 8. The molecule has 0 radical (unpaired) electrons. The van der Waals surface area contributed by atoms with E-state index in [0.717, 1.165) is 160 Å². The van der Waals surface area contributed by atoms with Gasteiger partial charge in [0.05, 0.1) is 5.56 Å². The molecule has 11 heteroatoms. The molecule has 0 saturated carbocycles. The molecule has 0 amide bonds. The molecule has 1 aromatic heterocycles. The third kappa shape index (κ3) is 10.2. The molecule has 5 heterocycles. The van der Waals surface area contributed by atoms with Gasteiger partial charge < -0.3 is 54.9 Å². The molecule has 0 spiro atoms. The molecule has 6 aromatic rings. The number of para-hydroxylation sites is 1. The Kier molecular flexibility index (Phi) is 16.1. The van der Waals surface area contributed by atoms with Gasteiger partial charge in [-0.1, -0.05) is 123 Å². The Labute approximate surface area is 443 Å². The van der Waals surface area contributed by atoms with E-state index in [2.05, 4.69) is 128 Å². The van der Waals surface area contributed by atoms with E-state index < -0.39 is 0 Å². The minimum Gasteiger partial charge on any atom is -1.00 e. The lowest BCUT2D eigenvalue weighted by Gasteiger charge is -2.35. The van der Waals surface area contributed by atoms with Gasteiger partial charge in [0.2, 0.25) is 33.5 Å². The van der Waals surface area contributed by atoms with Gasteiger partial charge in [0, 0.05) is 86.4 Å². The normalized spacial score (nSPS) is 18.5. The fourth-order valence-corrected chi connectivity index (χ4v) is 12.3. The van der Waals surface area contributed by atoms with Crippen LogP contribution in [0.3, 0.4) is 0 Å². The third-order valence-corrected chi connectivity index (χ3v) is 16.0. The second-order valence-electron chi connectivity index (χ2n) is 20.6. The Bertz CT molecular complexity index is 2720. The molecule has 4 unspecified atom stereocenters. The molecule has 11 rings (SSSR count). The Morgan fingerprint density at radius 1 is 0.425 bits per heavy atom. The van der Waals surface area contributed by atoms with Gasteiger partial charge in [-0.05, 0) is 62.1 Å². The predicted octanol–water partition coefficient (Wildman–Crippen LogP) is 11.9. The summed E-state index contributed by atoms with van der Waals surface area (Å²) < 4.78 is 58.9. The summed E-state index contributed by atoms with van der Waals surface area (Å²) in [6.07, 6.45) is 23.4. The van der Waals surface area contributed by atoms with Gasteiger partial charge >= 0.3 is 0 Å². The fourth-order valence-electron chi connectivity index (χ4n) is 12.3. The number of unbranched alkanes of at least 4 members (excludes halogenated alkanes) is 8. The minimum atomic E-state index is -0.0517. The molecular formula is C62H73BrN2O8. The first-order chi connectivity index (χ1) is 35.5. The maximum atomic E-state index is 7.06. The first kappa shape index (κ1) is 50.7. The summed E-state index contributed by atoms with van der Waals surface area (Å²) in [7, 11) is 0. The van der Waals surface area contributed by atoms with E-state index in [4.69, 9.17) is 37.9 Å². The third-order valence-electron chi connectivity index (χ3n) is 16.0. The SMILES string of the molecule is CCCCCC1c2cc3c4cc2OCOc2cc5c(cc21)C(CCCCC)c1cc2c(c(C[n+]6ccn(-c7ccccc7)c6)c1OCO5)OCOc1cc(c(cc1C2CCCCC)C3CCCCC)OCO4.[Br-]. The summed E-state index contributed by atoms with van der Waals surface area (Å²) >= 11 is 0. The fraction of sp³-hybridized carbons (Fsp3) is 0.468. The number of imidazole rings is 1. The summed E-state index contributed by atoms with van der Waals surface area (Å²) in [4.78, 5) is 0. The molecule has 0 fully saturated rings. The van der Waals surface area contributed by atoms with Crippen LogP contribution in [-0.2, 0) is 6.54 Å². The summed E-state index contributed by atoms with van der Waals surface area (Å²) in [6, 6.07) is 26.8. The van der Waals surface area contributed by atoms with Crippen LogP contribution in [0.5, 0.6) is 46.0 Å². The van der Waals surface area contributed by atoms with E-state index in [-0.39, 0.29) is 67.8 Å². The van der Waals surface area contributed by atoms with Crippen molar-refractivity contribution in [1.82, 2.24) is 4.57 Å². The van der Waals surface area contributed by atoms with Crippen LogP contribution in [0.4, 0.5) is 0 Å². The molecule has 4 atom stereocenters. The van der Waals surface area contributed by atoms with E-state index in [0.29, 0.717) is 6.54 Å². The molecule has 73 heavy (non-hydrogen) atoms. The van der Waals surface area contributed by atoms with E-state index in [1.807, 2.05) is 0 Å². The first-order valence-corrected chi connectivity index (χ1v) is 27.4. The highest BCUT2D eigenvalue weighted by atomic mass is 79.9. The smallest absolute Gasteiger partial charge is 0.249 e. The van der Waals surface area contributed by atoms with Crippen molar-refractivity contribution in [1.29, 1.82) is 0 Å². The highest BCUT2D eigenvalue weighted by molar-refractivity contribution is 5.66. The number of benzene rings is 5. The summed E-state index contributed by atoms with van der Waals surface area (Å²) in [5, 5.41) is 0. The van der Waals surface area contributed by atoms with Crippen molar-refractivity contribution < 1.29 is 59.4 Å². The Morgan fingerprint density at radius 3 is 1.14 bits per heavy atom. The number of halogens is 1. The monoisotopic (exact) mass is 1050 g/mol. The average Bonchev–Trinajstić information content (AvgIpc) is 3.85. The van der Waals surface area contributed by atoms with Gasteiger partial charge in [-0.3, -0.25) is 0 Å². The minimum absolute atomic E-state index is 0. The van der Waals surface area contributed by atoms with Crippen LogP contribution in [0.1, 0.15) is 204 Å². The number of ether oxygens (including phenoxy) is 8.